The van der Waals surface area contributed by atoms with E-state index in [-0.39, 0.29) is 22.3 Å². The first-order chi connectivity index (χ1) is 11.6. The maximum absolute atomic E-state index is 11.1. The van der Waals surface area contributed by atoms with E-state index in [1.807, 2.05) is 6.92 Å². The van der Waals surface area contributed by atoms with E-state index < -0.39 is 11.9 Å². The molecule has 3 aliphatic carbocycles. The fraction of sp³-hybridized carbons (Fsp3) is 1.00. The van der Waals surface area contributed by atoms with Crippen LogP contribution in [-0.2, 0) is 4.74 Å². The van der Waals surface area contributed by atoms with Crippen LogP contribution in [0, 0.1) is 40.4 Å². The second-order valence-corrected chi connectivity index (χ2v) is 12.6. The van der Waals surface area contributed by atoms with E-state index in [0.717, 1.165) is 32.1 Å². The monoisotopic (exact) mass is 366 g/mol. The van der Waals surface area contributed by atoms with Gasteiger partial charge in [-0.2, -0.15) is 0 Å². The quantitative estimate of drug-likeness (QED) is 0.689. The van der Waals surface area contributed by atoms with Crippen molar-refractivity contribution in [2.75, 3.05) is 0 Å². The van der Waals surface area contributed by atoms with Gasteiger partial charge >= 0.3 is 0 Å². The number of aliphatic hydroxyl groups is 2. The minimum absolute atomic E-state index is 0.000239. The van der Waals surface area contributed by atoms with Crippen molar-refractivity contribution in [2.45, 2.75) is 105 Å². The molecular formula is C23H42O3. The van der Waals surface area contributed by atoms with Gasteiger partial charge in [-0.15, -0.1) is 0 Å². The predicted octanol–water partition coefficient (Wildman–Crippen LogP) is 5.00. The Labute approximate surface area is 160 Å². The summed E-state index contributed by atoms with van der Waals surface area (Å²) in [5.74, 6) is 2.48. The highest BCUT2D eigenvalue weighted by molar-refractivity contribution is 5.13. The zero-order valence-corrected chi connectivity index (χ0v) is 18.3. The SMILES string of the molecule is CC(C)(C)CC(C(O)OC1(C)CC2C3CC1C2CC(C)(O)C3)C(C)(C)C. The zero-order chi connectivity index (χ0) is 19.7. The van der Waals surface area contributed by atoms with E-state index in [2.05, 4.69) is 48.5 Å². The van der Waals surface area contributed by atoms with Gasteiger partial charge in [-0.05, 0) is 80.5 Å². The molecule has 3 nitrogen and oxygen atoms in total. The van der Waals surface area contributed by atoms with Crippen LogP contribution >= 0.6 is 0 Å². The summed E-state index contributed by atoms with van der Waals surface area (Å²) in [7, 11) is 0. The predicted molar refractivity (Wildman–Crippen MR) is 106 cm³/mol. The smallest absolute Gasteiger partial charge is 0.158 e. The highest BCUT2D eigenvalue weighted by Crippen LogP contribution is 2.65. The molecule has 0 aromatic carbocycles. The van der Waals surface area contributed by atoms with Crippen LogP contribution in [0.25, 0.3) is 0 Å². The minimum Gasteiger partial charge on any atom is -0.390 e. The summed E-state index contributed by atoms with van der Waals surface area (Å²) in [4.78, 5) is 0. The molecule has 3 aliphatic rings. The van der Waals surface area contributed by atoms with E-state index in [1.54, 1.807) is 0 Å². The standard InChI is InChI=1S/C23H42O3/c1-20(2,3)13-18(21(4,5)6)19(24)26-23(8)12-15-14-9-17(23)16(15)11-22(7,25)10-14/h14-19,24-25H,9-13H2,1-8H3. The van der Waals surface area contributed by atoms with Crippen molar-refractivity contribution < 1.29 is 14.9 Å². The lowest BCUT2D eigenvalue weighted by Crippen LogP contribution is -2.46. The van der Waals surface area contributed by atoms with Crippen LogP contribution in [0.2, 0.25) is 0 Å². The Kier molecular flexibility index (Phi) is 4.91. The van der Waals surface area contributed by atoms with Gasteiger partial charge in [0.1, 0.15) is 0 Å². The van der Waals surface area contributed by atoms with E-state index in [1.165, 1.54) is 0 Å². The number of aliphatic hydroxyl groups excluding tert-OH is 1. The molecule has 3 rings (SSSR count). The van der Waals surface area contributed by atoms with Crippen LogP contribution in [-0.4, -0.2) is 27.7 Å². The molecule has 2 N–H and O–H groups in total. The van der Waals surface area contributed by atoms with Crippen LogP contribution in [0.5, 0.6) is 0 Å². The van der Waals surface area contributed by atoms with Crippen molar-refractivity contribution >= 4 is 0 Å². The molecule has 0 saturated heterocycles. The highest BCUT2D eigenvalue weighted by Gasteiger charge is 2.63. The first-order valence-electron chi connectivity index (χ1n) is 10.7. The largest absolute Gasteiger partial charge is 0.390 e. The molecule has 0 radical (unpaired) electrons. The first-order valence-corrected chi connectivity index (χ1v) is 10.7. The van der Waals surface area contributed by atoms with Gasteiger partial charge in [0.05, 0.1) is 11.2 Å². The molecule has 0 heterocycles. The second-order valence-electron chi connectivity index (χ2n) is 12.6. The number of rotatable bonds is 4. The Morgan fingerprint density at radius 2 is 1.62 bits per heavy atom. The van der Waals surface area contributed by atoms with Gasteiger partial charge < -0.3 is 14.9 Å². The van der Waals surface area contributed by atoms with Crippen LogP contribution in [0.1, 0.15) is 87.5 Å². The molecule has 4 bridgehead atoms. The van der Waals surface area contributed by atoms with Crippen molar-refractivity contribution in [1.29, 1.82) is 0 Å². The molecule has 0 aliphatic heterocycles. The lowest BCUT2D eigenvalue weighted by molar-refractivity contribution is -0.238. The third-order valence-corrected chi connectivity index (χ3v) is 7.71. The van der Waals surface area contributed by atoms with Gasteiger partial charge in [-0.3, -0.25) is 0 Å². The van der Waals surface area contributed by atoms with E-state index in [0.29, 0.717) is 23.7 Å². The van der Waals surface area contributed by atoms with Crippen LogP contribution < -0.4 is 0 Å². The lowest BCUT2D eigenvalue weighted by Gasteiger charge is -2.44. The second kappa shape index (κ2) is 6.19. The maximum Gasteiger partial charge on any atom is 0.158 e. The van der Waals surface area contributed by atoms with Crippen molar-refractivity contribution in [1.82, 2.24) is 0 Å². The third-order valence-electron chi connectivity index (χ3n) is 7.71. The Hall–Kier alpha value is -0.120. The molecule has 8 unspecified atom stereocenters. The van der Waals surface area contributed by atoms with Gasteiger partial charge in [0.25, 0.3) is 0 Å². The topological polar surface area (TPSA) is 49.7 Å². The Bertz CT molecular complexity index is 527. The molecule has 3 heteroatoms. The molecule has 3 fully saturated rings. The van der Waals surface area contributed by atoms with Crippen molar-refractivity contribution in [3.05, 3.63) is 0 Å². The van der Waals surface area contributed by atoms with Gasteiger partial charge in [0.2, 0.25) is 0 Å². The van der Waals surface area contributed by atoms with E-state index in [9.17, 15) is 10.2 Å². The number of hydrogen-bond donors (Lipinski definition) is 2. The molecular weight excluding hydrogens is 324 g/mol. The summed E-state index contributed by atoms with van der Waals surface area (Å²) < 4.78 is 6.52. The summed E-state index contributed by atoms with van der Waals surface area (Å²) in [5.41, 5.74) is -0.592. The van der Waals surface area contributed by atoms with E-state index in [4.69, 9.17) is 4.74 Å². The highest BCUT2D eigenvalue weighted by atomic mass is 16.6. The molecule has 0 aromatic rings. The normalized spacial score (nSPS) is 45.0. The summed E-state index contributed by atoms with van der Waals surface area (Å²) >= 11 is 0. The van der Waals surface area contributed by atoms with Crippen LogP contribution in [0.4, 0.5) is 0 Å². The molecule has 152 valence electrons. The molecule has 3 saturated carbocycles. The van der Waals surface area contributed by atoms with Crippen molar-refractivity contribution in [2.24, 2.45) is 40.4 Å². The summed E-state index contributed by atoms with van der Waals surface area (Å²) in [6.07, 6.45) is 4.28. The van der Waals surface area contributed by atoms with Crippen molar-refractivity contribution in [3.8, 4) is 0 Å². The maximum atomic E-state index is 11.1. The third kappa shape index (κ3) is 3.86. The van der Waals surface area contributed by atoms with Gasteiger partial charge in [-0.25, -0.2) is 0 Å². The molecule has 8 atom stereocenters. The van der Waals surface area contributed by atoms with Crippen molar-refractivity contribution in [3.63, 3.8) is 0 Å². The zero-order valence-electron chi connectivity index (χ0n) is 18.3. The summed E-state index contributed by atoms with van der Waals surface area (Å²) in [5, 5.41) is 21.7. The van der Waals surface area contributed by atoms with Gasteiger partial charge in [0, 0.05) is 5.92 Å². The summed E-state index contributed by atoms with van der Waals surface area (Å²) in [6, 6.07) is 0. The Balaban J connectivity index is 1.74. The fourth-order valence-electron chi connectivity index (χ4n) is 6.64. The molecule has 0 amide bonds. The van der Waals surface area contributed by atoms with Gasteiger partial charge in [-0.1, -0.05) is 41.5 Å². The van der Waals surface area contributed by atoms with Crippen LogP contribution in [0.3, 0.4) is 0 Å². The minimum atomic E-state index is -0.723. The average molecular weight is 367 g/mol. The fourth-order valence-corrected chi connectivity index (χ4v) is 6.64. The Morgan fingerprint density at radius 3 is 2.15 bits per heavy atom. The Morgan fingerprint density at radius 1 is 1.00 bits per heavy atom. The molecule has 0 aromatic heterocycles. The number of hydrogen-bond acceptors (Lipinski definition) is 3. The number of ether oxygens (including phenoxy) is 1. The molecule has 26 heavy (non-hydrogen) atoms. The lowest BCUT2D eigenvalue weighted by atomic mass is 9.71. The van der Waals surface area contributed by atoms with E-state index >= 15 is 0 Å². The van der Waals surface area contributed by atoms with Crippen LogP contribution in [0.15, 0.2) is 0 Å². The molecule has 0 spiro atoms. The average Bonchev–Trinajstić information content (AvgIpc) is 2.78. The first kappa shape index (κ1) is 20.6. The van der Waals surface area contributed by atoms with Gasteiger partial charge in [0.15, 0.2) is 6.29 Å². The summed E-state index contributed by atoms with van der Waals surface area (Å²) in [6.45, 7) is 17.6.